The summed E-state index contributed by atoms with van der Waals surface area (Å²) in [6.45, 7) is 5.47. The molecule has 1 atom stereocenters. The summed E-state index contributed by atoms with van der Waals surface area (Å²) in [4.78, 5) is 22.0. The van der Waals surface area contributed by atoms with Gasteiger partial charge in [-0.3, -0.25) is 4.79 Å². The Bertz CT molecular complexity index is 281. The molecule has 0 unspecified atom stereocenters. The van der Waals surface area contributed by atoms with Gasteiger partial charge in [0.2, 0.25) is 5.88 Å². The highest BCUT2D eigenvalue weighted by Crippen LogP contribution is 2.15. The molecular formula is C10H15NO3. The molecule has 0 bridgehead atoms. The predicted molar refractivity (Wildman–Crippen MR) is 51.2 cm³/mol. The molecule has 1 heterocycles. The Hall–Kier alpha value is -1.32. The fraction of sp³-hybridized carbons (Fsp3) is 0.600. The van der Waals surface area contributed by atoms with E-state index in [1.165, 1.54) is 13.0 Å². The van der Waals surface area contributed by atoms with E-state index in [2.05, 4.69) is 5.32 Å². The van der Waals surface area contributed by atoms with Crippen molar-refractivity contribution < 1.29 is 14.3 Å². The lowest BCUT2D eigenvalue weighted by Gasteiger charge is -2.08. The third-order valence-electron chi connectivity index (χ3n) is 1.85. The summed E-state index contributed by atoms with van der Waals surface area (Å²) in [6, 6.07) is -0.305. The molecular weight excluding hydrogens is 182 g/mol. The van der Waals surface area contributed by atoms with Crippen molar-refractivity contribution in [2.75, 3.05) is 0 Å². The number of nitrogens with one attached hydrogen (secondary N) is 1. The SMILES string of the molecule is CC(=O)/C=C1\N[C@@H](CC(C)C)C(=O)O1. The lowest BCUT2D eigenvalue weighted by molar-refractivity contribution is -0.137. The van der Waals surface area contributed by atoms with Crippen molar-refractivity contribution in [2.45, 2.75) is 33.2 Å². The maximum Gasteiger partial charge on any atom is 0.335 e. The molecule has 14 heavy (non-hydrogen) atoms. The molecule has 4 heteroatoms. The molecule has 0 aromatic heterocycles. The van der Waals surface area contributed by atoms with Crippen molar-refractivity contribution in [2.24, 2.45) is 5.92 Å². The molecule has 0 radical (unpaired) electrons. The average molecular weight is 197 g/mol. The van der Waals surface area contributed by atoms with Gasteiger partial charge in [0.15, 0.2) is 5.78 Å². The highest BCUT2D eigenvalue weighted by atomic mass is 16.6. The number of carbonyl (C=O) groups excluding carboxylic acids is 2. The molecule has 1 aliphatic rings. The van der Waals surface area contributed by atoms with E-state index >= 15 is 0 Å². The van der Waals surface area contributed by atoms with E-state index in [0.29, 0.717) is 12.3 Å². The first kappa shape index (κ1) is 10.8. The van der Waals surface area contributed by atoms with Crippen molar-refractivity contribution >= 4 is 11.8 Å². The van der Waals surface area contributed by atoms with Crippen LogP contribution < -0.4 is 5.32 Å². The minimum absolute atomic E-state index is 0.134. The highest BCUT2D eigenvalue weighted by Gasteiger charge is 2.30. The molecule has 1 rings (SSSR count). The Morgan fingerprint density at radius 3 is 2.79 bits per heavy atom. The minimum Gasteiger partial charge on any atom is -0.408 e. The summed E-state index contributed by atoms with van der Waals surface area (Å²) in [7, 11) is 0. The van der Waals surface area contributed by atoms with Gasteiger partial charge in [0, 0.05) is 6.08 Å². The maximum atomic E-state index is 11.3. The van der Waals surface area contributed by atoms with Crippen molar-refractivity contribution in [1.82, 2.24) is 5.32 Å². The summed E-state index contributed by atoms with van der Waals surface area (Å²) in [5, 5.41) is 2.87. The lowest BCUT2D eigenvalue weighted by atomic mass is 10.0. The zero-order valence-electron chi connectivity index (χ0n) is 8.66. The van der Waals surface area contributed by atoms with Crippen LogP contribution in [0.4, 0.5) is 0 Å². The van der Waals surface area contributed by atoms with Crippen LogP contribution in [0.2, 0.25) is 0 Å². The third-order valence-corrected chi connectivity index (χ3v) is 1.85. The fourth-order valence-corrected chi connectivity index (χ4v) is 1.32. The molecule has 0 spiro atoms. The molecule has 0 saturated carbocycles. The zero-order chi connectivity index (χ0) is 10.7. The van der Waals surface area contributed by atoms with Gasteiger partial charge in [-0.05, 0) is 19.3 Å². The van der Waals surface area contributed by atoms with E-state index < -0.39 is 0 Å². The number of allylic oxidation sites excluding steroid dienone is 1. The first-order valence-electron chi connectivity index (χ1n) is 4.69. The number of carbonyl (C=O) groups is 2. The Kier molecular flexibility index (Phi) is 3.28. The second-order valence-corrected chi connectivity index (χ2v) is 3.87. The zero-order valence-corrected chi connectivity index (χ0v) is 8.66. The fourth-order valence-electron chi connectivity index (χ4n) is 1.32. The summed E-state index contributed by atoms with van der Waals surface area (Å²) < 4.78 is 4.88. The van der Waals surface area contributed by atoms with Crippen LogP contribution in [0.15, 0.2) is 12.0 Å². The number of ketones is 1. The Morgan fingerprint density at radius 1 is 1.64 bits per heavy atom. The molecule has 1 saturated heterocycles. The smallest absolute Gasteiger partial charge is 0.335 e. The molecule has 1 fully saturated rings. The van der Waals surface area contributed by atoms with E-state index in [-0.39, 0.29) is 23.7 Å². The summed E-state index contributed by atoms with van der Waals surface area (Å²) in [5.74, 6) is 0.251. The van der Waals surface area contributed by atoms with Crippen LogP contribution in [0.1, 0.15) is 27.2 Å². The van der Waals surface area contributed by atoms with Gasteiger partial charge in [0.05, 0.1) is 0 Å². The van der Waals surface area contributed by atoms with Crippen molar-refractivity contribution in [1.29, 1.82) is 0 Å². The maximum absolute atomic E-state index is 11.3. The van der Waals surface area contributed by atoms with Crippen LogP contribution >= 0.6 is 0 Å². The van der Waals surface area contributed by atoms with Crippen molar-refractivity contribution in [3.8, 4) is 0 Å². The Morgan fingerprint density at radius 2 is 2.29 bits per heavy atom. The van der Waals surface area contributed by atoms with Crippen LogP contribution in [0.5, 0.6) is 0 Å². The number of rotatable bonds is 3. The van der Waals surface area contributed by atoms with Crippen LogP contribution in [0, 0.1) is 5.92 Å². The quantitative estimate of drug-likeness (QED) is 0.541. The largest absolute Gasteiger partial charge is 0.408 e. The summed E-state index contributed by atoms with van der Waals surface area (Å²) >= 11 is 0. The van der Waals surface area contributed by atoms with Gasteiger partial charge >= 0.3 is 5.97 Å². The summed E-state index contributed by atoms with van der Waals surface area (Å²) in [5.41, 5.74) is 0. The van der Waals surface area contributed by atoms with Gasteiger partial charge in [-0.25, -0.2) is 4.79 Å². The lowest BCUT2D eigenvalue weighted by Crippen LogP contribution is -2.28. The number of esters is 1. The average Bonchev–Trinajstić information content (AvgIpc) is 2.28. The number of cyclic esters (lactones) is 1. The van der Waals surface area contributed by atoms with E-state index in [4.69, 9.17) is 4.74 Å². The van der Waals surface area contributed by atoms with E-state index in [1.54, 1.807) is 0 Å². The highest BCUT2D eigenvalue weighted by molar-refractivity contribution is 5.89. The molecule has 4 nitrogen and oxygen atoms in total. The standard InChI is InChI=1S/C10H15NO3/c1-6(2)4-8-10(13)14-9(11-8)5-7(3)12/h5-6,8,11H,4H2,1-3H3/b9-5+/t8-/m0/s1. The van der Waals surface area contributed by atoms with Crippen LogP contribution in [0.3, 0.4) is 0 Å². The number of hydrogen-bond donors (Lipinski definition) is 1. The second kappa shape index (κ2) is 4.26. The normalized spacial score (nSPS) is 23.9. The predicted octanol–water partition coefficient (Wildman–Crippen LogP) is 0.978. The van der Waals surface area contributed by atoms with Gasteiger partial charge in [0.25, 0.3) is 0 Å². The van der Waals surface area contributed by atoms with Crippen LogP contribution in [-0.2, 0) is 14.3 Å². The molecule has 78 valence electrons. The number of ether oxygens (including phenoxy) is 1. The van der Waals surface area contributed by atoms with Gasteiger partial charge in [-0.1, -0.05) is 13.8 Å². The van der Waals surface area contributed by atoms with Gasteiger partial charge in [-0.15, -0.1) is 0 Å². The van der Waals surface area contributed by atoms with E-state index in [9.17, 15) is 9.59 Å². The summed E-state index contributed by atoms with van der Waals surface area (Å²) in [6.07, 6.45) is 2.01. The van der Waals surface area contributed by atoms with Crippen molar-refractivity contribution in [3.63, 3.8) is 0 Å². The molecule has 0 amide bonds. The second-order valence-electron chi connectivity index (χ2n) is 3.87. The molecule has 1 aliphatic heterocycles. The Balaban J connectivity index is 2.60. The molecule has 0 aliphatic carbocycles. The van der Waals surface area contributed by atoms with Gasteiger partial charge in [-0.2, -0.15) is 0 Å². The molecule has 0 aromatic rings. The van der Waals surface area contributed by atoms with Crippen LogP contribution in [-0.4, -0.2) is 17.8 Å². The van der Waals surface area contributed by atoms with Gasteiger partial charge in [0.1, 0.15) is 6.04 Å². The third kappa shape index (κ3) is 2.87. The van der Waals surface area contributed by atoms with Gasteiger partial charge < -0.3 is 10.1 Å². The number of hydrogen-bond acceptors (Lipinski definition) is 4. The van der Waals surface area contributed by atoms with E-state index in [0.717, 1.165) is 0 Å². The molecule has 0 aromatic carbocycles. The topological polar surface area (TPSA) is 55.4 Å². The first-order valence-corrected chi connectivity index (χ1v) is 4.69. The van der Waals surface area contributed by atoms with Crippen molar-refractivity contribution in [3.05, 3.63) is 12.0 Å². The monoisotopic (exact) mass is 197 g/mol. The Labute approximate surface area is 83.3 Å². The minimum atomic E-state index is -0.305. The van der Waals surface area contributed by atoms with Crippen LogP contribution in [0.25, 0.3) is 0 Å². The van der Waals surface area contributed by atoms with E-state index in [1.807, 2.05) is 13.8 Å². The first-order chi connectivity index (χ1) is 6.49. The molecule has 1 N–H and O–H groups in total.